The molecule has 0 spiro atoms. The molecule has 1 unspecified atom stereocenters. The fourth-order valence-electron chi connectivity index (χ4n) is 3.00. The van der Waals surface area contributed by atoms with Gasteiger partial charge in [0.2, 0.25) is 0 Å². The van der Waals surface area contributed by atoms with Crippen LogP contribution in [0.3, 0.4) is 0 Å². The minimum Gasteiger partial charge on any atom is -0.484 e. The van der Waals surface area contributed by atoms with Crippen molar-refractivity contribution in [3.63, 3.8) is 0 Å². The molecule has 6 heteroatoms. The summed E-state index contributed by atoms with van der Waals surface area (Å²) in [5, 5.41) is 5.59. The van der Waals surface area contributed by atoms with E-state index in [1.54, 1.807) is 43.3 Å². The Morgan fingerprint density at radius 1 is 0.839 bits per heavy atom. The monoisotopic (exact) mass is 418 g/mol. The summed E-state index contributed by atoms with van der Waals surface area (Å²) in [5.41, 5.74) is 3.07. The number of amides is 2. The van der Waals surface area contributed by atoms with E-state index < -0.39 is 6.10 Å². The van der Waals surface area contributed by atoms with E-state index in [1.807, 2.05) is 50.2 Å². The highest BCUT2D eigenvalue weighted by molar-refractivity contribution is 5.96. The van der Waals surface area contributed by atoms with Gasteiger partial charge in [-0.2, -0.15) is 0 Å². The Morgan fingerprint density at radius 2 is 1.45 bits per heavy atom. The predicted molar refractivity (Wildman–Crippen MR) is 122 cm³/mol. The van der Waals surface area contributed by atoms with Gasteiger partial charge < -0.3 is 20.1 Å². The van der Waals surface area contributed by atoms with Crippen LogP contribution in [-0.4, -0.2) is 24.5 Å². The maximum absolute atomic E-state index is 12.6. The molecule has 0 heterocycles. The first-order chi connectivity index (χ1) is 14.9. The third-order valence-corrected chi connectivity index (χ3v) is 4.60. The Hall–Kier alpha value is -3.80. The Bertz CT molecular complexity index is 1030. The molecule has 2 N–H and O–H groups in total. The van der Waals surface area contributed by atoms with Crippen molar-refractivity contribution >= 4 is 23.2 Å². The summed E-state index contributed by atoms with van der Waals surface area (Å²) in [4.78, 5) is 24.7. The van der Waals surface area contributed by atoms with E-state index in [0.29, 0.717) is 22.9 Å². The number of carbonyl (C=O) groups excluding carboxylic acids is 2. The van der Waals surface area contributed by atoms with Crippen LogP contribution in [0.25, 0.3) is 0 Å². The second kappa shape index (κ2) is 10.3. The molecule has 0 aliphatic carbocycles. The minimum atomic E-state index is -0.683. The van der Waals surface area contributed by atoms with Crippen LogP contribution in [0, 0.1) is 13.8 Å². The van der Waals surface area contributed by atoms with Crippen LogP contribution in [0.4, 0.5) is 11.4 Å². The molecule has 3 rings (SSSR count). The van der Waals surface area contributed by atoms with E-state index >= 15 is 0 Å². The number of ether oxygens (including phenoxy) is 2. The first-order valence-corrected chi connectivity index (χ1v) is 10.0. The molecule has 31 heavy (non-hydrogen) atoms. The lowest BCUT2D eigenvalue weighted by molar-refractivity contribution is -0.122. The van der Waals surface area contributed by atoms with Crippen molar-refractivity contribution in [2.24, 2.45) is 0 Å². The van der Waals surface area contributed by atoms with E-state index in [-0.39, 0.29) is 18.4 Å². The molecule has 2 amide bonds. The summed E-state index contributed by atoms with van der Waals surface area (Å²) in [6.07, 6.45) is -0.683. The average molecular weight is 418 g/mol. The maximum atomic E-state index is 12.6. The van der Waals surface area contributed by atoms with Gasteiger partial charge >= 0.3 is 0 Å². The van der Waals surface area contributed by atoms with Crippen LogP contribution in [-0.2, 0) is 9.59 Å². The summed E-state index contributed by atoms with van der Waals surface area (Å²) in [7, 11) is 0. The summed E-state index contributed by atoms with van der Waals surface area (Å²) in [5.74, 6) is 0.763. The standard InChI is InChI=1S/C25H26N2O4/c1-17-9-7-10-18(2)24(17)31-19(3)25(29)27-21-12-8-11-20(15-21)26-23(28)16-30-22-13-5-4-6-14-22/h4-15,19H,16H2,1-3H3,(H,26,28)(H,27,29). The summed E-state index contributed by atoms with van der Waals surface area (Å²) >= 11 is 0. The number of aryl methyl sites for hydroxylation is 2. The van der Waals surface area contributed by atoms with Gasteiger partial charge in [-0.25, -0.2) is 0 Å². The molecule has 1 atom stereocenters. The SMILES string of the molecule is Cc1cccc(C)c1OC(C)C(=O)Nc1cccc(NC(=O)COc2ccccc2)c1. The quantitative estimate of drug-likeness (QED) is 0.555. The Balaban J connectivity index is 1.55. The zero-order chi connectivity index (χ0) is 22.2. The van der Waals surface area contributed by atoms with Crippen molar-refractivity contribution in [1.29, 1.82) is 0 Å². The first-order valence-electron chi connectivity index (χ1n) is 10.0. The van der Waals surface area contributed by atoms with Gasteiger partial charge in [-0.3, -0.25) is 9.59 Å². The first kappa shape index (κ1) is 21.9. The van der Waals surface area contributed by atoms with E-state index in [2.05, 4.69) is 10.6 Å². The van der Waals surface area contributed by atoms with Crippen LogP contribution in [0.1, 0.15) is 18.1 Å². The van der Waals surface area contributed by atoms with Gasteiger partial charge in [0.1, 0.15) is 11.5 Å². The van der Waals surface area contributed by atoms with Crippen molar-refractivity contribution in [2.75, 3.05) is 17.2 Å². The topological polar surface area (TPSA) is 76.7 Å². The lowest BCUT2D eigenvalue weighted by atomic mass is 10.1. The Labute approximate surface area is 182 Å². The molecule has 3 aromatic carbocycles. The van der Waals surface area contributed by atoms with Crippen molar-refractivity contribution < 1.29 is 19.1 Å². The highest BCUT2D eigenvalue weighted by Crippen LogP contribution is 2.24. The number of hydrogen-bond acceptors (Lipinski definition) is 4. The lowest BCUT2D eigenvalue weighted by Gasteiger charge is -2.18. The number of rotatable bonds is 8. The van der Waals surface area contributed by atoms with Crippen LogP contribution < -0.4 is 20.1 Å². The number of hydrogen-bond donors (Lipinski definition) is 2. The average Bonchev–Trinajstić information content (AvgIpc) is 2.76. The number of anilines is 2. The molecule has 0 aliphatic rings. The van der Waals surface area contributed by atoms with Crippen molar-refractivity contribution in [3.05, 3.63) is 83.9 Å². The van der Waals surface area contributed by atoms with Gasteiger partial charge in [0.25, 0.3) is 11.8 Å². The van der Waals surface area contributed by atoms with Crippen LogP contribution in [0.2, 0.25) is 0 Å². The number of para-hydroxylation sites is 2. The third-order valence-electron chi connectivity index (χ3n) is 4.60. The van der Waals surface area contributed by atoms with E-state index in [0.717, 1.165) is 11.1 Å². The lowest BCUT2D eigenvalue weighted by Crippen LogP contribution is -2.30. The zero-order valence-corrected chi connectivity index (χ0v) is 17.8. The molecule has 160 valence electrons. The Kier molecular flexibility index (Phi) is 7.27. The maximum Gasteiger partial charge on any atom is 0.265 e. The van der Waals surface area contributed by atoms with Crippen LogP contribution in [0.5, 0.6) is 11.5 Å². The predicted octanol–water partition coefficient (Wildman–Crippen LogP) is 4.73. The minimum absolute atomic E-state index is 0.110. The second-order valence-corrected chi connectivity index (χ2v) is 7.20. The summed E-state index contributed by atoms with van der Waals surface area (Å²) in [6, 6.07) is 21.9. The van der Waals surface area contributed by atoms with Crippen LogP contribution in [0.15, 0.2) is 72.8 Å². The van der Waals surface area contributed by atoms with E-state index in [4.69, 9.17) is 9.47 Å². The van der Waals surface area contributed by atoms with Crippen molar-refractivity contribution in [3.8, 4) is 11.5 Å². The van der Waals surface area contributed by atoms with Gasteiger partial charge in [-0.05, 0) is 62.2 Å². The third kappa shape index (κ3) is 6.34. The smallest absolute Gasteiger partial charge is 0.265 e. The Morgan fingerprint density at radius 3 is 2.13 bits per heavy atom. The van der Waals surface area contributed by atoms with Gasteiger partial charge in [0, 0.05) is 11.4 Å². The molecular formula is C25H26N2O4. The molecule has 0 radical (unpaired) electrons. The molecule has 0 aromatic heterocycles. The molecule has 0 saturated carbocycles. The molecule has 6 nitrogen and oxygen atoms in total. The van der Waals surface area contributed by atoms with Crippen LogP contribution >= 0.6 is 0 Å². The number of benzene rings is 3. The molecule has 0 bridgehead atoms. The van der Waals surface area contributed by atoms with E-state index in [9.17, 15) is 9.59 Å². The molecular weight excluding hydrogens is 392 g/mol. The van der Waals surface area contributed by atoms with Crippen molar-refractivity contribution in [2.45, 2.75) is 26.9 Å². The highest BCUT2D eigenvalue weighted by atomic mass is 16.5. The fourth-order valence-corrected chi connectivity index (χ4v) is 3.00. The number of nitrogens with one attached hydrogen (secondary N) is 2. The van der Waals surface area contributed by atoms with Crippen molar-refractivity contribution in [1.82, 2.24) is 0 Å². The second-order valence-electron chi connectivity index (χ2n) is 7.20. The largest absolute Gasteiger partial charge is 0.484 e. The molecule has 0 saturated heterocycles. The fraction of sp³-hybridized carbons (Fsp3) is 0.200. The van der Waals surface area contributed by atoms with E-state index in [1.165, 1.54) is 0 Å². The zero-order valence-electron chi connectivity index (χ0n) is 17.8. The molecule has 0 fully saturated rings. The van der Waals surface area contributed by atoms with Gasteiger partial charge in [0.15, 0.2) is 12.7 Å². The molecule has 0 aliphatic heterocycles. The summed E-state index contributed by atoms with van der Waals surface area (Å²) < 4.78 is 11.3. The normalized spacial score (nSPS) is 11.3. The highest BCUT2D eigenvalue weighted by Gasteiger charge is 2.17. The van der Waals surface area contributed by atoms with Gasteiger partial charge in [-0.1, -0.05) is 42.5 Å². The van der Waals surface area contributed by atoms with Gasteiger partial charge in [0.05, 0.1) is 0 Å². The van der Waals surface area contributed by atoms with Gasteiger partial charge in [-0.15, -0.1) is 0 Å². The number of carbonyl (C=O) groups is 2. The summed E-state index contributed by atoms with van der Waals surface area (Å²) in [6.45, 7) is 5.48. The molecule has 3 aromatic rings.